The van der Waals surface area contributed by atoms with Gasteiger partial charge in [-0.2, -0.15) is 0 Å². The summed E-state index contributed by atoms with van der Waals surface area (Å²) in [6.07, 6.45) is 0.905. The zero-order valence-corrected chi connectivity index (χ0v) is 11.4. The molecule has 2 aromatic rings. The van der Waals surface area contributed by atoms with E-state index < -0.39 is 0 Å². The second-order valence-corrected chi connectivity index (χ2v) is 5.24. The third kappa shape index (κ3) is 3.37. The van der Waals surface area contributed by atoms with Gasteiger partial charge in [-0.3, -0.25) is 0 Å². The monoisotopic (exact) mass is 264 g/mol. The van der Waals surface area contributed by atoms with Crippen LogP contribution in [0.4, 0.5) is 4.39 Å². The molecule has 1 aromatic carbocycles. The molecule has 0 saturated carbocycles. The highest BCUT2D eigenvalue weighted by Gasteiger charge is 2.09. The van der Waals surface area contributed by atoms with Crippen LogP contribution in [-0.4, -0.2) is 11.5 Å². The Balaban J connectivity index is 1.82. The first kappa shape index (κ1) is 13.2. The van der Waals surface area contributed by atoms with Gasteiger partial charge in [-0.15, -0.1) is 11.3 Å². The molecule has 1 atom stereocenters. The lowest BCUT2D eigenvalue weighted by molar-refractivity contribution is 0.580. The van der Waals surface area contributed by atoms with E-state index in [9.17, 15) is 4.39 Å². The molecule has 2 nitrogen and oxygen atoms in total. The zero-order chi connectivity index (χ0) is 13.0. The van der Waals surface area contributed by atoms with E-state index >= 15 is 0 Å². The van der Waals surface area contributed by atoms with E-state index in [0.29, 0.717) is 6.04 Å². The molecule has 18 heavy (non-hydrogen) atoms. The molecular formula is C14H17FN2S. The van der Waals surface area contributed by atoms with Crippen LogP contribution in [0.2, 0.25) is 0 Å². The third-order valence-electron chi connectivity index (χ3n) is 2.95. The van der Waals surface area contributed by atoms with Gasteiger partial charge in [0.2, 0.25) is 0 Å². The van der Waals surface area contributed by atoms with Gasteiger partial charge in [-0.25, -0.2) is 9.37 Å². The van der Waals surface area contributed by atoms with Gasteiger partial charge < -0.3 is 5.32 Å². The Labute approximate surface area is 111 Å². The molecule has 0 spiro atoms. The fourth-order valence-corrected chi connectivity index (χ4v) is 2.74. The second kappa shape index (κ2) is 6.07. The van der Waals surface area contributed by atoms with Crippen LogP contribution in [0.3, 0.4) is 0 Å². The number of hydrogen-bond acceptors (Lipinski definition) is 3. The van der Waals surface area contributed by atoms with E-state index in [1.54, 1.807) is 11.3 Å². The highest BCUT2D eigenvalue weighted by atomic mass is 32.1. The number of aromatic nitrogens is 1. The van der Waals surface area contributed by atoms with E-state index in [0.717, 1.165) is 24.2 Å². The molecule has 4 heteroatoms. The smallest absolute Gasteiger partial charge is 0.123 e. The summed E-state index contributed by atoms with van der Waals surface area (Å²) < 4.78 is 12.7. The third-order valence-corrected chi connectivity index (χ3v) is 4.07. The molecule has 1 heterocycles. The van der Waals surface area contributed by atoms with Crippen LogP contribution in [0, 0.1) is 12.7 Å². The number of benzene rings is 1. The standard InChI is InChI=1S/C14H17FN2S/c1-10(14-11(2)17-9-18-14)16-8-7-12-3-5-13(15)6-4-12/h3-6,9-10,16H,7-8H2,1-2H3. The van der Waals surface area contributed by atoms with Crippen molar-refractivity contribution in [3.8, 4) is 0 Å². The van der Waals surface area contributed by atoms with Crippen molar-refractivity contribution in [1.82, 2.24) is 10.3 Å². The van der Waals surface area contributed by atoms with E-state index in [4.69, 9.17) is 0 Å². The minimum atomic E-state index is -0.180. The minimum Gasteiger partial charge on any atom is -0.309 e. The lowest BCUT2D eigenvalue weighted by Crippen LogP contribution is -2.21. The Hall–Kier alpha value is -1.26. The number of thiazole rings is 1. The molecule has 0 bridgehead atoms. The van der Waals surface area contributed by atoms with Gasteiger partial charge in [0.15, 0.2) is 0 Å². The molecule has 0 fully saturated rings. The van der Waals surface area contributed by atoms with E-state index in [2.05, 4.69) is 17.2 Å². The number of halogens is 1. The topological polar surface area (TPSA) is 24.9 Å². The molecule has 1 unspecified atom stereocenters. The van der Waals surface area contributed by atoms with Crippen LogP contribution >= 0.6 is 11.3 Å². The summed E-state index contributed by atoms with van der Waals surface area (Å²) in [6.45, 7) is 5.05. The average molecular weight is 264 g/mol. The maximum Gasteiger partial charge on any atom is 0.123 e. The number of hydrogen-bond donors (Lipinski definition) is 1. The Morgan fingerprint density at radius 1 is 1.33 bits per heavy atom. The number of rotatable bonds is 5. The van der Waals surface area contributed by atoms with Crippen molar-refractivity contribution >= 4 is 11.3 Å². The van der Waals surface area contributed by atoms with Crippen molar-refractivity contribution in [3.63, 3.8) is 0 Å². The van der Waals surface area contributed by atoms with Crippen LogP contribution in [0.15, 0.2) is 29.8 Å². The molecule has 0 radical (unpaired) electrons. The summed E-state index contributed by atoms with van der Waals surface area (Å²) in [5.74, 6) is -0.180. The molecule has 0 amide bonds. The average Bonchev–Trinajstić information content (AvgIpc) is 2.78. The Morgan fingerprint density at radius 2 is 2.06 bits per heavy atom. The van der Waals surface area contributed by atoms with Gasteiger partial charge in [0.1, 0.15) is 5.82 Å². The van der Waals surface area contributed by atoms with Gasteiger partial charge in [-0.05, 0) is 44.5 Å². The fraction of sp³-hybridized carbons (Fsp3) is 0.357. The van der Waals surface area contributed by atoms with Crippen molar-refractivity contribution in [2.24, 2.45) is 0 Å². The first-order valence-corrected chi connectivity index (χ1v) is 6.92. The predicted octanol–water partition coefficient (Wildman–Crippen LogP) is 3.48. The summed E-state index contributed by atoms with van der Waals surface area (Å²) >= 11 is 1.68. The molecule has 1 N–H and O–H groups in total. The van der Waals surface area contributed by atoms with E-state index in [1.807, 2.05) is 24.6 Å². The van der Waals surface area contributed by atoms with Crippen LogP contribution in [0.1, 0.15) is 29.1 Å². The maximum absolute atomic E-state index is 12.7. The molecule has 0 aliphatic rings. The molecule has 1 aromatic heterocycles. The van der Waals surface area contributed by atoms with Gasteiger partial charge >= 0.3 is 0 Å². The lowest BCUT2D eigenvalue weighted by atomic mass is 10.1. The highest BCUT2D eigenvalue weighted by Crippen LogP contribution is 2.20. The first-order valence-electron chi connectivity index (χ1n) is 6.04. The highest BCUT2D eigenvalue weighted by molar-refractivity contribution is 7.09. The van der Waals surface area contributed by atoms with Crippen molar-refractivity contribution < 1.29 is 4.39 Å². The van der Waals surface area contributed by atoms with E-state index in [-0.39, 0.29) is 5.82 Å². The van der Waals surface area contributed by atoms with Gasteiger partial charge in [0.05, 0.1) is 11.2 Å². The number of nitrogens with one attached hydrogen (secondary N) is 1. The van der Waals surface area contributed by atoms with Crippen molar-refractivity contribution in [3.05, 3.63) is 51.7 Å². The van der Waals surface area contributed by atoms with Crippen molar-refractivity contribution in [2.45, 2.75) is 26.3 Å². The van der Waals surface area contributed by atoms with Gasteiger partial charge in [-0.1, -0.05) is 12.1 Å². The predicted molar refractivity (Wildman–Crippen MR) is 73.4 cm³/mol. The number of aryl methyl sites for hydroxylation is 1. The summed E-state index contributed by atoms with van der Waals surface area (Å²) in [7, 11) is 0. The Morgan fingerprint density at radius 3 is 2.67 bits per heavy atom. The van der Waals surface area contributed by atoms with Crippen molar-refractivity contribution in [2.75, 3.05) is 6.54 Å². The van der Waals surface area contributed by atoms with Crippen molar-refractivity contribution in [1.29, 1.82) is 0 Å². The zero-order valence-electron chi connectivity index (χ0n) is 10.6. The fourth-order valence-electron chi connectivity index (χ4n) is 1.90. The lowest BCUT2D eigenvalue weighted by Gasteiger charge is -2.12. The largest absolute Gasteiger partial charge is 0.309 e. The Kier molecular flexibility index (Phi) is 4.44. The molecule has 2 rings (SSSR count). The summed E-state index contributed by atoms with van der Waals surface area (Å²) in [5, 5.41) is 3.47. The van der Waals surface area contributed by atoms with Gasteiger partial charge in [0.25, 0.3) is 0 Å². The SMILES string of the molecule is Cc1ncsc1C(C)NCCc1ccc(F)cc1. The molecule has 0 aliphatic carbocycles. The molecular weight excluding hydrogens is 247 g/mol. The van der Waals surface area contributed by atoms with Crippen LogP contribution in [-0.2, 0) is 6.42 Å². The summed E-state index contributed by atoms with van der Waals surface area (Å²) in [4.78, 5) is 5.54. The Bertz CT molecular complexity index is 493. The quantitative estimate of drug-likeness (QED) is 0.894. The van der Waals surface area contributed by atoms with Crippen LogP contribution in [0.25, 0.3) is 0 Å². The molecule has 0 saturated heterocycles. The van der Waals surface area contributed by atoms with Crippen LogP contribution < -0.4 is 5.32 Å². The van der Waals surface area contributed by atoms with Crippen LogP contribution in [0.5, 0.6) is 0 Å². The van der Waals surface area contributed by atoms with Gasteiger partial charge in [0, 0.05) is 10.9 Å². The summed E-state index contributed by atoms with van der Waals surface area (Å²) in [5.41, 5.74) is 4.13. The second-order valence-electron chi connectivity index (χ2n) is 4.35. The molecule has 0 aliphatic heterocycles. The normalized spacial score (nSPS) is 12.6. The summed E-state index contributed by atoms with van der Waals surface area (Å²) in [6, 6.07) is 7.00. The van der Waals surface area contributed by atoms with E-state index in [1.165, 1.54) is 17.0 Å². The maximum atomic E-state index is 12.7. The first-order chi connectivity index (χ1) is 8.66. The minimum absolute atomic E-state index is 0.180. The molecule has 96 valence electrons. The number of nitrogens with zero attached hydrogens (tertiary/aromatic N) is 1.